The topological polar surface area (TPSA) is 64.7 Å². The molecule has 10 heteroatoms. The average molecular weight is 422 g/mol. The molecule has 0 radical (unpaired) electrons. The van der Waals surface area contributed by atoms with Crippen LogP contribution in [0.5, 0.6) is 0 Å². The van der Waals surface area contributed by atoms with Crippen LogP contribution >= 0.6 is 15.9 Å². The Balaban J connectivity index is 1.76. The highest BCUT2D eigenvalue weighted by Gasteiger charge is 2.37. The standard InChI is InChI=1S/C15H19BrF3N5O/c1-10-4-8-23(21-10)7-3-6-20-12(25)5-9-24-11(2)13(16)14(22-24)15(17,18)19/h4,8H,3,5-7,9H2,1-2H3,(H,20,25). The zero-order valence-electron chi connectivity index (χ0n) is 13.9. The molecule has 0 aliphatic carbocycles. The van der Waals surface area contributed by atoms with Crippen molar-refractivity contribution in [3.63, 3.8) is 0 Å². The van der Waals surface area contributed by atoms with E-state index < -0.39 is 11.9 Å². The average Bonchev–Trinajstić information content (AvgIpc) is 3.06. The SMILES string of the molecule is Cc1ccn(CCCNC(=O)CCn2nc(C(F)(F)F)c(Br)c2C)n1. The lowest BCUT2D eigenvalue weighted by Gasteiger charge is -2.07. The number of carbonyl (C=O) groups excluding carboxylic acids is 1. The minimum absolute atomic E-state index is 0.0626. The van der Waals surface area contributed by atoms with Crippen molar-refractivity contribution in [1.82, 2.24) is 24.9 Å². The molecule has 0 saturated carbocycles. The molecule has 0 bridgehead atoms. The molecule has 0 aliphatic rings. The van der Waals surface area contributed by atoms with Gasteiger partial charge in [0.25, 0.3) is 0 Å². The zero-order chi connectivity index (χ0) is 18.6. The second-order valence-corrected chi connectivity index (χ2v) is 6.44. The first-order valence-electron chi connectivity index (χ1n) is 7.75. The van der Waals surface area contributed by atoms with Gasteiger partial charge in [-0.2, -0.15) is 23.4 Å². The fourth-order valence-electron chi connectivity index (χ4n) is 2.28. The highest BCUT2D eigenvalue weighted by molar-refractivity contribution is 9.10. The van der Waals surface area contributed by atoms with E-state index in [2.05, 4.69) is 31.4 Å². The lowest BCUT2D eigenvalue weighted by molar-refractivity contribution is -0.142. The molecule has 2 aromatic rings. The highest BCUT2D eigenvalue weighted by Crippen LogP contribution is 2.35. The Morgan fingerprint density at radius 3 is 2.56 bits per heavy atom. The Hall–Kier alpha value is -1.84. The molecular formula is C15H19BrF3N5O. The van der Waals surface area contributed by atoms with Gasteiger partial charge >= 0.3 is 6.18 Å². The number of aryl methyl sites for hydroxylation is 3. The summed E-state index contributed by atoms with van der Waals surface area (Å²) in [5.41, 5.74) is 0.303. The van der Waals surface area contributed by atoms with Crippen molar-refractivity contribution < 1.29 is 18.0 Å². The van der Waals surface area contributed by atoms with Crippen molar-refractivity contribution in [3.05, 3.63) is 33.8 Å². The van der Waals surface area contributed by atoms with Crippen LogP contribution in [0.1, 0.15) is 29.9 Å². The summed E-state index contributed by atoms with van der Waals surface area (Å²) in [7, 11) is 0. The minimum Gasteiger partial charge on any atom is -0.356 e. The second-order valence-electron chi connectivity index (χ2n) is 5.64. The molecule has 1 amide bonds. The van der Waals surface area contributed by atoms with E-state index in [0.29, 0.717) is 18.8 Å². The number of rotatable bonds is 7. The molecule has 0 saturated heterocycles. The minimum atomic E-state index is -4.53. The van der Waals surface area contributed by atoms with Gasteiger partial charge in [-0.25, -0.2) is 0 Å². The van der Waals surface area contributed by atoms with Crippen LogP contribution in [0.25, 0.3) is 0 Å². The highest BCUT2D eigenvalue weighted by atomic mass is 79.9. The van der Waals surface area contributed by atoms with Crippen molar-refractivity contribution >= 4 is 21.8 Å². The second kappa shape index (κ2) is 8.03. The van der Waals surface area contributed by atoms with Crippen molar-refractivity contribution in [2.75, 3.05) is 6.54 Å². The van der Waals surface area contributed by atoms with E-state index >= 15 is 0 Å². The number of amides is 1. The maximum atomic E-state index is 12.8. The van der Waals surface area contributed by atoms with E-state index in [-0.39, 0.29) is 23.3 Å². The quantitative estimate of drug-likeness (QED) is 0.698. The van der Waals surface area contributed by atoms with E-state index in [1.54, 1.807) is 4.68 Å². The number of hydrogen-bond donors (Lipinski definition) is 1. The normalized spacial score (nSPS) is 11.8. The molecular weight excluding hydrogens is 403 g/mol. The third-order valence-corrected chi connectivity index (χ3v) is 4.56. The van der Waals surface area contributed by atoms with Crippen LogP contribution in [0.4, 0.5) is 13.2 Å². The third-order valence-electron chi connectivity index (χ3n) is 3.61. The Morgan fingerprint density at radius 2 is 2.00 bits per heavy atom. The Kier molecular flexibility index (Phi) is 6.26. The number of halogens is 4. The van der Waals surface area contributed by atoms with Gasteiger partial charge < -0.3 is 5.32 Å². The van der Waals surface area contributed by atoms with Crippen LogP contribution in [0.2, 0.25) is 0 Å². The summed E-state index contributed by atoms with van der Waals surface area (Å²) in [5, 5.41) is 10.5. The molecule has 6 nitrogen and oxygen atoms in total. The maximum absolute atomic E-state index is 12.8. The maximum Gasteiger partial charge on any atom is 0.436 e. The van der Waals surface area contributed by atoms with Crippen molar-refractivity contribution in [2.24, 2.45) is 0 Å². The third kappa shape index (κ3) is 5.32. The summed E-state index contributed by atoms with van der Waals surface area (Å²) in [5.74, 6) is -0.226. The van der Waals surface area contributed by atoms with Crippen molar-refractivity contribution in [3.8, 4) is 0 Å². The first-order valence-corrected chi connectivity index (χ1v) is 8.54. The summed E-state index contributed by atoms with van der Waals surface area (Å²) in [6.45, 7) is 4.68. The molecule has 2 heterocycles. The number of nitrogens with one attached hydrogen (secondary N) is 1. The molecule has 138 valence electrons. The predicted molar refractivity (Wildman–Crippen MR) is 88.9 cm³/mol. The lowest BCUT2D eigenvalue weighted by atomic mass is 10.3. The summed E-state index contributed by atoms with van der Waals surface area (Å²) < 4.78 is 41.3. The van der Waals surface area contributed by atoms with E-state index in [0.717, 1.165) is 12.1 Å². The molecule has 1 N–H and O–H groups in total. The van der Waals surface area contributed by atoms with Crippen LogP contribution in [0.15, 0.2) is 16.7 Å². The van der Waals surface area contributed by atoms with Crippen LogP contribution in [-0.2, 0) is 24.1 Å². The monoisotopic (exact) mass is 421 g/mol. The summed E-state index contributed by atoms with van der Waals surface area (Å²) in [4.78, 5) is 11.8. The van der Waals surface area contributed by atoms with Gasteiger partial charge in [0.15, 0.2) is 5.69 Å². The van der Waals surface area contributed by atoms with Crippen molar-refractivity contribution in [1.29, 1.82) is 0 Å². The molecule has 2 aromatic heterocycles. The molecule has 0 fully saturated rings. The van der Waals surface area contributed by atoms with Crippen molar-refractivity contribution in [2.45, 2.75) is 46.0 Å². The molecule has 0 spiro atoms. The first kappa shape index (κ1) is 19.5. The lowest BCUT2D eigenvalue weighted by Crippen LogP contribution is -2.26. The van der Waals surface area contributed by atoms with Crippen LogP contribution < -0.4 is 5.32 Å². The number of aromatic nitrogens is 4. The number of alkyl halides is 3. The fraction of sp³-hybridized carbons (Fsp3) is 0.533. The number of hydrogen-bond acceptors (Lipinski definition) is 3. The molecule has 25 heavy (non-hydrogen) atoms. The smallest absolute Gasteiger partial charge is 0.356 e. The van der Waals surface area contributed by atoms with Gasteiger partial charge in [-0.3, -0.25) is 14.2 Å². The van der Waals surface area contributed by atoms with Gasteiger partial charge in [0, 0.05) is 25.7 Å². The summed E-state index contributed by atoms with van der Waals surface area (Å²) in [6, 6.07) is 1.90. The largest absolute Gasteiger partial charge is 0.436 e. The molecule has 0 unspecified atom stereocenters. The van der Waals surface area contributed by atoms with Gasteiger partial charge in [0.1, 0.15) is 0 Å². The zero-order valence-corrected chi connectivity index (χ0v) is 15.5. The Bertz CT molecular complexity index is 738. The summed E-state index contributed by atoms with van der Waals surface area (Å²) >= 11 is 2.91. The Labute approximate surface area is 151 Å². The molecule has 2 rings (SSSR count). The molecule has 0 atom stereocenters. The molecule has 0 aliphatic heterocycles. The van der Waals surface area contributed by atoms with Crippen LogP contribution in [-0.4, -0.2) is 32.0 Å². The van der Waals surface area contributed by atoms with E-state index in [9.17, 15) is 18.0 Å². The van der Waals surface area contributed by atoms with E-state index in [1.807, 2.05) is 19.2 Å². The number of carbonyl (C=O) groups is 1. The van der Waals surface area contributed by atoms with Gasteiger partial charge in [0.05, 0.1) is 22.4 Å². The van der Waals surface area contributed by atoms with E-state index in [4.69, 9.17) is 0 Å². The number of nitrogens with zero attached hydrogens (tertiary/aromatic N) is 4. The Morgan fingerprint density at radius 1 is 1.28 bits per heavy atom. The van der Waals surface area contributed by atoms with Crippen LogP contribution in [0, 0.1) is 13.8 Å². The predicted octanol–water partition coefficient (Wildman–Crippen LogP) is 3.07. The van der Waals surface area contributed by atoms with Crippen LogP contribution in [0.3, 0.4) is 0 Å². The van der Waals surface area contributed by atoms with Gasteiger partial charge in [-0.05, 0) is 42.3 Å². The fourth-order valence-corrected chi connectivity index (χ4v) is 2.78. The van der Waals surface area contributed by atoms with Gasteiger partial charge in [0.2, 0.25) is 5.91 Å². The van der Waals surface area contributed by atoms with E-state index in [1.165, 1.54) is 11.6 Å². The first-order chi connectivity index (χ1) is 11.7. The molecule has 0 aromatic carbocycles. The summed E-state index contributed by atoms with van der Waals surface area (Å²) in [6.07, 6.45) is -1.87. The van der Waals surface area contributed by atoms with Gasteiger partial charge in [-0.1, -0.05) is 0 Å². The van der Waals surface area contributed by atoms with Gasteiger partial charge in [-0.15, -0.1) is 0 Å².